The largest absolute Gasteiger partial charge is 0.385 e. The molecule has 0 saturated heterocycles. The van der Waals surface area contributed by atoms with E-state index in [4.69, 9.17) is 21.3 Å². The van der Waals surface area contributed by atoms with Gasteiger partial charge >= 0.3 is 0 Å². The molecule has 0 unspecified atom stereocenters. The second-order valence-corrected chi connectivity index (χ2v) is 6.69. The minimum Gasteiger partial charge on any atom is -0.385 e. The topological polar surface area (TPSA) is 39.9 Å². The van der Waals surface area contributed by atoms with Crippen molar-refractivity contribution < 1.29 is 4.74 Å². The van der Waals surface area contributed by atoms with Crippen LogP contribution < -0.4 is 0 Å². The lowest BCUT2D eigenvalue weighted by Gasteiger charge is -2.26. The lowest BCUT2D eigenvalue weighted by molar-refractivity contribution is 0.142. The molecule has 5 heteroatoms. The van der Waals surface area contributed by atoms with Gasteiger partial charge in [-0.1, -0.05) is 13.8 Å². The summed E-state index contributed by atoms with van der Waals surface area (Å²) < 4.78 is 7.43. The van der Waals surface area contributed by atoms with E-state index < -0.39 is 0 Å². The van der Waals surface area contributed by atoms with Crippen molar-refractivity contribution in [1.29, 1.82) is 0 Å². The molecule has 0 radical (unpaired) electrons. The van der Waals surface area contributed by atoms with E-state index in [0.717, 1.165) is 48.5 Å². The zero-order chi connectivity index (χ0) is 15.5. The zero-order valence-electron chi connectivity index (χ0n) is 13.3. The smallest absolute Gasteiger partial charge is 0.160 e. The van der Waals surface area contributed by atoms with Gasteiger partial charge in [-0.15, -0.1) is 11.6 Å². The highest BCUT2D eigenvalue weighted by Crippen LogP contribution is 2.26. The van der Waals surface area contributed by atoms with Crippen molar-refractivity contribution in [3.63, 3.8) is 0 Å². The number of alkyl halides is 1. The van der Waals surface area contributed by atoms with Crippen molar-refractivity contribution in [3.8, 4) is 0 Å². The van der Waals surface area contributed by atoms with Gasteiger partial charge < -0.3 is 9.30 Å². The Morgan fingerprint density at radius 3 is 2.81 bits per heavy atom. The number of nitrogens with zero attached hydrogens (tertiary/aromatic N) is 3. The van der Waals surface area contributed by atoms with E-state index in [1.165, 1.54) is 0 Å². The molecule has 2 rings (SSSR count). The fourth-order valence-electron chi connectivity index (χ4n) is 2.49. The molecule has 0 atom stereocenters. The van der Waals surface area contributed by atoms with E-state index in [9.17, 15) is 0 Å². The number of methoxy groups -OCH3 is 1. The fourth-order valence-corrected chi connectivity index (χ4v) is 2.65. The molecule has 0 amide bonds. The Kier molecular flexibility index (Phi) is 5.22. The fraction of sp³-hybridized carbons (Fsp3) is 0.625. The Hall–Kier alpha value is -1.13. The maximum absolute atomic E-state index is 5.93. The van der Waals surface area contributed by atoms with Crippen LogP contribution in [0.15, 0.2) is 12.3 Å². The van der Waals surface area contributed by atoms with Crippen molar-refractivity contribution in [1.82, 2.24) is 14.5 Å². The molecule has 0 spiro atoms. The number of rotatable bonds is 7. The van der Waals surface area contributed by atoms with Gasteiger partial charge in [-0.2, -0.15) is 0 Å². The minimum absolute atomic E-state index is 0.122. The highest BCUT2D eigenvalue weighted by atomic mass is 35.5. The van der Waals surface area contributed by atoms with Crippen molar-refractivity contribution in [3.05, 3.63) is 23.7 Å². The molecular weight excluding hydrogens is 286 g/mol. The standard InChI is InChI=1S/C16H24ClN3O/c1-12-9-13-15(18-10-12)20(14(19-13)5-7-17)11-16(2,3)6-8-21-4/h9-10H,5-8,11H2,1-4H3. The van der Waals surface area contributed by atoms with Crippen LogP contribution in [-0.2, 0) is 17.7 Å². The molecular formula is C16H24ClN3O. The van der Waals surface area contributed by atoms with E-state index in [1.54, 1.807) is 7.11 Å². The normalized spacial score (nSPS) is 12.2. The predicted octanol–water partition coefficient (Wildman–Crippen LogP) is 3.58. The summed E-state index contributed by atoms with van der Waals surface area (Å²) in [6.07, 6.45) is 3.65. The van der Waals surface area contributed by atoms with Crippen LogP contribution in [0.3, 0.4) is 0 Å². The van der Waals surface area contributed by atoms with Crippen LogP contribution >= 0.6 is 11.6 Å². The van der Waals surface area contributed by atoms with E-state index in [-0.39, 0.29) is 5.41 Å². The van der Waals surface area contributed by atoms with Gasteiger partial charge in [0.1, 0.15) is 11.3 Å². The van der Waals surface area contributed by atoms with Crippen molar-refractivity contribution >= 4 is 22.8 Å². The van der Waals surface area contributed by atoms with E-state index in [1.807, 2.05) is 13.1 Å². The lowest BCUT2D eigenvalue weighted by Crippen LogP contribution is -2.23. The molecule has 2 heterocycles. The monoisotopic (exact) mass is 309 g/mol. The van der Waals surface area contributed by atoms with E-state index in [0.29, 0.717) is 5.88 Å². The lowest BCUT2D eigenvalue weighted by atomic mass is 9.89. The number of imidazole rings is 1. The molecule has 0 aromatic carbocycles. The predicted molar refractivity (Wildman–Crippen MR) is 87.0 cm³/mol. The molecule has 0 aliphatic carbocycles. The van der Waals surface area contributed by atoms with Gasteiger partial charge in [0, 0.05) is 38.8 Å². The summed E-state index contributed by atoms with van der Waals surface area (Å²) in [5, 5.41) is 0. The summed E-state index contributed by atoms with van der Waals surface area (Å²) in [6.45, 7) is 8.16. The summed E-state index contributed by atoms with van der Waals surface area (Å²) in [4.78, 5) is 9.29. The summed E-state index contributed by atoms with van der Waals surface area (Å²) in [5.41, 5.74) is 3.16. The van der Waals surface area contributed by atoms with Crippen molar-refractivity contribution in [2.24, 2.45) is 5.41 Å². The zero-order valence-corrected chi connectivity index (χ0v) is 14.1. The van der Waals surface area contributed by atoms with Crippen molar-refractivity contribution in [2.75, 3.05) is 19.6 Å². The van der Waals surface area contributed by atoms with Gasteiger partial charge in [-0.3, -0.25) is 0 Å². The molecule has 4 nitrogen and oxygen atoms in total. The SMILES string of the molecule is COCCC(C)(C)Cn1c(CCCl)nc2cc(C)cnc21. The first kappa shape index (κ1) is 16.2. The summed E-state index contributed by atoms with van der Waals surface area (Å²) in [7, 11) is 1.74. The van der Waals surface area contributed by atoms with Crippen molar-refractivity contribution in [2.45, 2.75) is 40.2 Å². The average Bonchev–Trinajstić information content (AvgIpc) is 2.73. The number of ether oxygens (including phenoxy) is 1. The number of pyridine rings is 1. The Bertz CT molecular complexity index is 607. The first-order valence-corrected chi connectivity index (χ1v) is 7.87. The second-order valence-electron chi connectivity index (χ2n) is 6.32. The van der Waals surface area contributed by atoms with Crippen LogP contribution in [0.1, 0.15) is 31.7 Å². The van der Waals surface area contributed by atoms with Gasteiger partial charge in [-0.25, -0.2) is 9.97 Å². The molecule has 116 valence electrons. The summed E-state index contributed by atoms with van der Waals surface area (Å²) in [5.74, 6) is 1.59. The van der Waals surface area contributed by atoms with Gasteiger partial charge in [-0.05, 0) is 30.4 Å². The van der Waals surface area contributed by atoms with Crippen LogP contribution in [0.25, 0.3) is 11.2 Å². The molecule has 0 aliphatic rings. The minimum atomic E-state index is 0.122. The van der Waals surface area contributed by atoms with Gasteiger partial charge in [0.05, 0.1) is 0 Å². The molecule has 0 aliphatic heterocycles. The first-order chi connectivity index (χ1) is 9.96. The number of fused-ring (bicyclic) bond motifs is 1. The number of halogens is 1. The molecule has 0 saturated carbocycles. The third-order valence-corrected chi connectivity index (χ3v) is 3.88. The van der Waals surface area contributed by atoms with Gasteiger partial charge in [0.25, 0.3) is 0 Å². The number of hydrogen-bond acceptors (Lipinski definition) is 3. The molecule has 0 fully saturated rings. The Labute approximate surface area is 131 Å². The Morgan fingerprint density at radius 2 is 2.14 bits per heavy atom. The van der Waals surface area contributed by atoms with Crippen LogP contribution in [0.2, 0.25) is 0 Å². The van der Waals surface area contributed by atoms with Crippen LogP contribution in [-0.4, -0.2) is 34.1 Å². The maximum Gasteiger partial charge on any atom is 0.160 e. The molecule has 2 aromatic rings. The molecule has 2 aromatic heterocycles. The molecule has 21 heavy (non-hydrogen) atoms. The van der Waals surface area contributed by atoms with E-state index in [2.05, 4.69) is 29.5 Å². The Morgan fingerprint density at radius 1 is 1.38 bits per heavy atom. The molecule has 0 bridgehead atoms. The Balaban J connectivity index is 2.38. The van der Waals surface area contributed by atoms with Crippen LogP contribution in [0.5, 0.6) is 0 Å². The number of aromatic nitrogens is 3. The number of aryl methyl sites for hydroxylation is 2. The first-order valence-electron chi connectivity index (χ1n) is 7.33. The quantitative estimate of drug-likeness (QED) is 0.734. The second kappa shape index (κ2) is 6.75. The maximum atomic E-state index is 5.93. The summed E-state index contributed by atoms with van der Waals surface area (Å²) in [6, 6.07) is 2.08. The third kappa shape index (κ3) is 3.95. The highest BCUT2D eigenvalue weighted by Gasteiger charge is 2.22. The highest BCUT2D eigenvalue weighted by molar-refractivity contribution is 6.17. The van der Waals surface area contributed by atoms with Gasteiger partial charge in [0.2, 0.25) is 0 Å². The summed E-state index contributed by atoms with van der Waals surface area (Å²) >= 11 is 5.93. The third-order valence-electron chi connectivity index (χ3n) is 3.69. The van der Waals surface area contributed by atoms with E-state index >= 15 is 0 Å². The molecule has 0 N–H and O–H groups in total. The van der Waals surface area contributed by atoms with Crippen LogP contribution in [0.4, 0.5) is 0 Å². The van der Waals surface area contributed by atoms with Gasteiger partial charge in [0.15, 0.2) is 5.65 Å². The van der Waals surface area contributed by atoms with Crippen LogP contribution in [0, 0.1) is 12.3 Å². The number of hydrogen-bond donors (Lipinski definition) is 0. The average molecular weight is 310 g/mol.